The van der Waals surface area contributed by atoms with E-state index in [-0.39, 0.29) is 17.7 Å². The van der Waals surface area contributed by atoms with Gasteiger partial charge in [0.05, 0.1) is 5.92 Å². The fourth-order valence-electron chi connectivity index (χ4n) is 3.15. The van der Waals surface area contributed by atoms with Gasteiger partial charge in [-0.1, -0.05) is 36.9 Å². The van der Waals surface area contributed by atoms with Crippen molar-refractivity contribution in [2.24, 2.45) is 11.8 Å². The molecule has 4 nitrogen and oxygen atoms in total. The Hall–Kier alpha value is -2.72. The van der Waals surface area contributed by atoms with Gasteiger partial charge in [-0.3, -0.25) is 9.78 Å². The van der Waals surface area contributed by atoms with Crippen LogP contribution in [0.25, 0.3) is 10.8 Å². The Morgan fingerprint density at radius 3 is 2.92 bits per heavy atom. The second kappa shape index (κ2) is 7.90. The third-order valence-electron chi connectivity index (χ3n) is 4.55. The van der Waals surface area contributed by atoms with Gasteiger partial charge < -0.3 is 10.6 Å². The van der Waals surface area contributed by atoms with E-state index >= 15 is 0 Å². The smallest absolute Gasteiger partial charge is 0.229 e. The molecule has 0 unspecified atom stereocenters. The summed E-state index contributed by atoms with van der Waals surface area (Å²) in [7, 11) is 0. The molecule has 1 saturated heterocycles. The summed E-state index contributed by atoms with van der Waals surface area (Å²) in [6, 6.07) is 7.81. The highest BCUT2D eigenvalue weighted by Crippen LogP contribution is 2.26. The lowest BCUT2D eigenvalue weighted by molar-refractivity contribution is -0.120. The largest absolute Gasteiger partial charge is 0.326 e. The highest BCUT2D eigenvalue weighted by molar-refractivity contribution is 5.96. The van der Waals surface area contributed by atoms with Gasteiger partial charge in [0.1, 0.15) is 0 Å². The maximum Gasteiger partial charge on any atom is 0.229 e. The Balaban J connectivity index is 1.71. The molecule has 2 aromatic rings. The van der Waals surface area contributed by atoms with Crippen LogP contribution in [-0.2, 0) is 4.79 Å². The van der Waals surface area contributed by atoms with Crippen molar-refractivity contribution in [3.63, 3.8) is 0 Å². The Morgan fingerprint density at radius 2 is 2.08 bits per heavy atom. The molecule has 0 spiro atoms. The van der Waals surface area contributed by atoms with Crippen molar-refractivity contribution in [1.82, 2.24) is 10.3 Å². The Morgan fingerprint density at radius 1 is 1.24 bits per heavy atom. The predicted octanol–water partition coefficient (Wildman–Crippen LogP) is 3.70. The molecule has 2 atom stereocenters. The molecule has 2 heterocycles. The normalized spacial score (nSPS) is 20.5. The van der Waals surface area contributed by atoms with Crippen molar-refractivity contribution in [1.29, 1.82) is 0 Å². The molecule has 25 heavy (non-hydrogen) atoms. The summed E-state index contributed by atoms with van der Waals surface area (Å²) in [5.41, 5.74) is 1.79. The van der Waals surface area contributed by atoms with E-state index in [9.17, 15) is 4.79 Å². The van der Waals surface area contributed by atoms with Crippen molar-refractivity contribution in [3.8, 4) is 0 Å². The zero-order valence-electron chi connectivity index (χ0n) is 14.4. The topological polar surface area (TPSA) is 54.0 Å². The SMILES string of the molecule is C=C(/C=C\C=C/C)[C@@H]1CNC[C@H]1C(=O)Nc1ccc2cnccc2c1. The number of fused-ring (bicyclic) bond motifs is 1. The van der Waals surface area contributed by atoms with Crippen LogP contribution in [0.2, 0.25) is 0 Å². The van der Waals surface area contributed by atoms with Gasteiger partial charge >= 0.3 is 0 Å². The molecular formula is C21H23N3O. The number of aromatic nitrogens is 1. The van der Waals surface area contributed by atoms with Gasteiger partial charge in [0, 0.05) is 42.5 Å². The zero-order chi connectivity index (χ0) is 17.6. The summed E-state index contributed by atoms with van der Waals surface area (Å²) < 4.78 is 0. The van der Waals surface area contributed by atoms with Gasteiger partial charge in [0.25, 0.3) is 0 Å². The fourth-order valence-corrected chi connectivity index (χ4v) is 3.15. The second-order valence-corrected chi connectivity index (χ2v) is 6.26. The molecule has 0 saturated carbocycles. The highest BCUT2D eigenvalue weighted by atomic mass is 16.1. The first-order valence-corrected chi connectivity index (χ1v) is 8.52. The minimum atomic E-state index is -0.115. The predicted molar refractivity (Wildman–Crippen MR) is 103 cm³/mol. The molecule has 1 aliphatic heterocycles. The molecule has 4 heteroatoms. The molecule has 1 fully saturated rings. The number of hydrogen-bond donors (Lipinski definition) is 2. The second-order valence-electron chi connectivity index (χ2n) is 6.26. The van der Waals surface area contributed by atoms with Crippen LogP contribution in [0.5, 0.6) is 0 Å². The molecule has 128 valence electrons. The number of nitrogens with one attached hydrogen (secondary N) is 2. The first kappa shape index (κ1) is 17.1. The van der Waals surface area contributed by atoms with Gasteiger partial charge in [-0.05, 0) is 36.1 Å². The third-order valence-corrected chi connectivity index (χ3v) is 4.55. The number of carbonyl (C=O) groups is 1. The number of rotatable bonds is 5. The minimum Gasteiger partial charge on any atom is -0.326 e. The van der Waals surface area contributed by atoms with Crippen LogP contribution < -0.4 is 10.6 Å². The highest BCUT2D eigenvalue weighted by Gasteiger charge is 2.33. The Bertz CT molecular complexity index is 838. The van der Waals surface area contributed by atoms with Crippen LogP contribution in [0.15, 0.2) is 73.1 Å². The van der Waals surface area contributed by atoms with Crippen molar-refractivity contribution in [2.75, 3.05) is 18.4 Å². The number of pyridine rings is 1. The van der Waals surface area contributed by atoms with E-state index in [4.69, 9.17) is 0 Å². The van der Waals surface area contributed by atoms with Crippen molar-refractivity contribution < 1.29 is 4.79 Å². The van der Waals surface area contributed by atoms with E-state index in [0.717, 1.165) is 28.6 Å². The first-order chi connectivity index (χ1) is 12.2. The van der Waals surface area contributed by atoms with Crippen LogP contribution in [-0.4, -0.2) is 24.0 Å². The fraction of sp³-hybridized carbons (Fsp3) is 0.238. The van der Waals surface area contributed by atoms with Gasteiger partial charge in [-0.25, -0.2) is 0 Å². The van der Waals surface area contributed by atoms with Gasteiger partial charge in [-0.15, -0.1) is 0 Å². The van der Waals surface area contributed by atoms with Gasteiger partial charge in [0.2, 0.25) is 5.91 Å². The standard InChI is InChI=1S/C21H23N3O/c1-3-4-5-6-15(2)19-13-23-14-20(19)21(25)24-18-8-7-17-12-22-10-9-16(17)11-18/h3-12,19-20,23H,2,13-14H2,1H3,(H,24,25)/b4-3-,6-5-/t19-,20+/m0/s1. The van der Waals surface area contributed by atoms with E-state index < -0.39 is 0 Å². The van der Waals surface area contributed by atoms with Crippen LogP contribution in [0.1, 0.15) is 6.92 Å². The molecule has 1 amide bonds. The van der Waals surface area contributed by atoms with E-state index in [1.807, 2.05) is 61.7 Å². The number of nitrogens with zero attached hydrogens (tertiary/aromatic N) is 1. The van der Waals surface area contributed by atoms with Crippen LogP contribution in [0.3, 0.4) is 0 Å². The number of carbonyl (C=O) groups excluding carboxylic acids is 1. The lowest BCUT2D eigenvalue weighted by atomic mass is 9.88. The quantitative estimate of drug-likeness (QED) is 0.821. The molecule has 0 bridgehead atoms. The van der Waals surface area contributed by atoms with Crippen LogP contribution in [0, 0.1) is 11.8 Å². The third kappa shape index (κ3) is 4.03. The van der Waals surface area contributed by atoms with Crippen molar-refractivity contribution in [3.05, 3.63) is 73.1 Å². The molecule has 2 N–H and O–H groups in total. The Kier molecular flexibility index (Phi) is 5.41. The van der Waals surface area contributed by atoms with Crippen LogP contribution in [0.4, 0.5) is 5.69 Å². The molecule has 3 rings (SSSR count). The van der Waals surface area contributed by atoms with E-state index in [1.165, 1.54) is 0 Å². The monoisotopic (exact) mass is 333 g/mol. The molecule has 1 aromatic carbocycles. The average molecular weight is 333 g/mol. The zero-order valence-corrected chi connectivity index (χ0v) is 14.4. The summed E-state index contributed by atoms with van der Waals surface area (Å²) >= 11 is 0. The number of allylic oxidation sites excluding steroid dienone is 4. The summed E-state index contributed by atoms with van der Waals surface area (Å²) in [5.74, 6) is 0.0334. The molecule has 1 aliphatic rings. The van der Waals surface area contributed by atoms with E-state index in [2.05, 4.69) is 22.2 Å². The lowest BCUT2D eigenvalue weighted by Gasteiger charge is -2.18. The Labute approximate surface area is 148 Å². The minimum absolute atomic E-state index is 0.0315. The molecular weight excluding hydrogens is 310 g/mol. The molecule has 1 aromatic heterocycles. The summed E-state index contributed by atoms with van der Waals surface area (Å²) in [6.07, 6.45) is 11.5. The van der Waals surface area contributed by atoms with Gasteiger partial charge in [-0.2, -0.15) is 0 Å². The maximum absolute atomic E-state index is 12.8. The number of amides is 1. The van der Waals surface area contributed by atoms with Gasteiger partial charge in [0.15, 0.2) is 0 Å². The van der Waals surface area contributed by atoms with E-state index in [0.29, 0.717) is 6.54 Å². The van der Waals surface area contributed by atoms with Crippen molar-refractivity contribution in [2.45, 2.75) is 6.92 Å². The molecule has 0 radical (unpaired) electrons. The molecule has 0 aliphatic carbocycles. The summed E-state index contributed by atoms with van der Waals surface area (Å²) in [5, 5.41) is 8.48. The number of benzene rings is 1. The van der Waals surface area contributed by atoms with E-state index in [1.54, 1.807) is 6.20 Å². The number of hydrogen-bond acceptors (Lipinski definition) is 3. The lowest BCUT2D eigenvalue weighted by Crippen LogP contribution is -2.29. The summed E-state index contributed by atoms with van der Waals surface area (Å²) in [6.45, 7) is 7.56. The number of anilines is 1. The summed E-state index contributed by atoms with van der Waals surface area (Å²) in [4.78, 5) is 16.9. The van der Waals surface area contributed by atoms with Crippen molar-refractivity contribution >= 4 is 22.4 Å². The van der Waals surface area contributed by atoms with Crippen LogP contribution >= 0.6 is 0 Å². The average Bonchev–Trinajstić information content (AvgIpc) is 3.12. The maximum atomic E-state index is 12.8. The first-order valence-electron chi connectivity index (χ1n) is 8.52.